The molecule has 5 heteroatoms. The summed E-state index contributed by atoms with van der Waals surface area (Å²) in [5.74, 6) is -1.16. The van der Waals surface area contributed by atoms with Crippen LogP contribution in [0.15, 0.2) is 29.6 Å². The third-order valence-electron chi connectivity index (χ3n) is 2.92. The molecule has 0 spiro atoms. The Hall–Kier alpha value is -2.14. The van der Waals surface area contributed by atoms with Crippen molar-refractivity contribution in [2.45, 2.75) is 13.8 Å². The summed E-state index contributed by atoms with van der Waals surface area (Å²) in [6.07, 6.45) is 0. The Morgan fingerprint density at radius 1 is 1.16 bits per heavy atom. The van der Waals surface area contributed by atoms with Crippen molar-refractivity contribution in [2.24, 2.45) is 0 Å². The van der Waals surface area contributed by atoms with Gasteiger partial charge in [0.2, 0.25) is 0 Å². The third-order valence-corrected chi connectivity index (χ3v) is 3.93. The fraction of sp³-hybridized carbons (Fsp3) is 0.143. The van der Waals surface area contributed by atoms with Crippen molar-refractivity contribution in [3.05, 3.63) is 51.2 Å². The SMILES string of the molecule is Cc1scc(C(=O)Nc2ccc(C(=O)O)cc2)c1C. The number of benzene rings is 1. The van der Waals surface area contributed by atoms with E-state index in [0.29, 0.717) is 11.3 Å². The zero-order chi connectivity index (χ0) is 14.0. The second kappa shape index (κ2) is 5.24. The summed E-state index contributed by atoms with van der Waals surface area (Å²) in [4.78, 5) is 23.9. The average Bonchev–Trinajstić information content (AvgIpc) is 2.70. The standard InChI is InChI=1S/C14H13NO3S/c1-8-9(2)19-7-12(8)13(16)15-11-5-3-10(4-6-11)14(17)18/h3-7H,1-2H3,(H,15,16)(H,17,18). The molecular formula is C14H13NO3S. The van der Waals surface area contributed by atoms with Crippen molar-refractivity contribution in [1.82, 2.24) is 0 Å². The van der Waals surface area contributed by atoms with Crippen molar-refractivity contribution in [3.63, 3.8) is 0 Å². The zero-order valence-electron chi connectivity index (χ0n) is 10.6. The first-order valence-corrected chi connectivity index (χ1v) is 6.56. The lowest BCUT2D eigenvalue weighted by Gasteiger charge is -2.05. The van der Waals surface area contributed by atoms with Gasteiger partial charge in [0, 0.05) is 15.9 Å². The van der Waals surface area contributed by atoms with Gasteiger partial charge in [0.15, 0.2) is 0 Å². The van der Waals surface area contributed by atoms with Gasteiger partial charge in [0.1, 0.15) is 0 Å². The van der Waals surface area contributed by atoms with Crippen molar-refractivity contribution in [1.29, 1.82) is 0 Å². The Morgan fingerprint density at radius 3 is 2.26 bits per heavy atom. The first-order valence-electron chi connectivity index (χ1n) is 5.68. The van der Waals surface area contributed by atoms with Crippen LogP contribution in [0.5, 0.6) is 0 Å². The predicted octanol–water partition coefficient (Wildman–Crippen LogP) is 3.32. The van der Waals surface area contributed by atoms with Crippen LogP contribution in [0.1, 0.15) is 31.2 Å². The maximum atomic E-state index is 12.0. The molecule has 1 aromatic carbocycles. The maximum absolute atomic E-state index is 12.0. The van der Waals surface area contributed by atoms with Gasteiger partial charge in [-0.2, -0.15) is 0 Å². The van der Waals surface area contributed by atoms with Crippen molar-refractivity contribution in [3.8, 4) is 0 Å². The molecule has 0 saturated heterocycles. The van der Waals surface area contributed by atoms with Crippen molar-refractivity contribution >= 4 is 28.9 Å². The van der Waals surface area contributed by atoms with Gasteiger partial charge in [-0.3, -0.25) is 4.79 Å². The normalized spacial score (nSPS) is 10.2. The van der Waals surface area contributed by atoms with Gasteiger partial charge in [-0.25, -0.2) is 4.79 Å². The van der Waals surface area contributed by atoms with E-state index in [0.717, 1.165) is 10.4 Å². The minimum Gasteiger partial charge on any atom is -0.478 e. The number of anilines is 1. The highest BCUT2D eigenvalue weighted by Crippen LogP contribution is 2.21. The molecular weight excluding hydrogens is 262 g/mol. The lowest BCUT2D eigenvalue weighted by atomic mass is 10.1. The topological polar surface area (TPSA) is 66.4 Å². The second-order valence-electron chi connectivity index (χ2n) is 4.17. The minimum absolute atomic E-state index is 0.176. The summed E-state index contributed by atoms with van der Waals surface area (Å²) in [5, 5.41) is 13.4. The number of carboxylic acid groups (broad SMARTS) is 1. The lowest BCUT2D eigenvalue weighted by molar-refractivity contribution is 0.0696. The molecule has 0 saturated carbocycles. The smallest absolute Gasteiger partial charge is 0.335 e. The van der Waals surface area contributed by atoms with Crippen LogP contribution >= 0.6 is 11.3 Å². The molecule has 2 N–H and O–H groups in total. The van der Waals surface area contributed by atoms with Crippen LogP contribution in [-0.4, -0.2) is 17.0 Å². The summed E-state index contributed by atoms with van der Waals surface area (Å²) in [7, 11) is 0. The summed E-state index contributed by atoms with van der Waals surface area (Å²) in [5.41, 5.74) is 2.41. The van der Waals surface area contributed by atoms with E-state index < -0.39 is 5.97 Å². The van der Waals surface area contributed by atoms with E-state index in [1.807, 2.05) is 19.2 Å². The van der Waals surface area contributed by atoms with Crippen LogP contribution in [0.3, 0.4) is 0 Å². The molecule has 2 aromatic rings. The number of hydrogen-bond acceptors (Lipinski definition) is 3. The summed E-state index contributed by atoms with van der Waals surface area (Å²) in [6, 6.07) is 6.08. The van der Waals surface area contributed by atoms with Crippen LogP contribution < -0.4 is 5.32 Å². The van der Waals surface area contributed by atoms with E-state index in [-0.39, 0.29) is 11.5 Å². The number of thiophene rings is 1. The first-order chi connectivity index (χ1) is 8.99. The van der Waals surface area contributed by atoms with E-state index >= 15 is 0 Å². The molecule has 0 aliphatic rings. The monoisotopic (exact) mass is 275 g/mol. The van der Waals surface area contributed by atoms with Crippen molar-refractivity contribution in [2.75, 3.05) is 5.32 Å². The highest BCUT2D eigenvalue weighted by Gasteiger charge is 2.12. The van der Waals surface area contributed by atoms with Gasteiger partial charge in [0.25, 0.3) is 5.91 Å². The highest BCUT2D eigenvalue weighted by atomic mass is 32.1. The zero-order valence-corrected chi connectivity index (χ0v) is 11.4. The molecule has 0 bridgehead atoms. The molecule has 1 heterocycles. The molecule has 0 fully saturated rings. The van der Waals surface area contributed by atoms with Gasteiger partial charge in [-0.1, -0.05) is 0 Å². The highest BCUT2D eigenvalue weighted by molar-refractivity contribution is 7.10. The number of carbonyl (C=O) groups excluding carboxylic acids is 1. The Bertz CT molecular complexity index is 629. The Balaban J connectivity index is 2.15. The lowest BCUT2D eigenvalue weighted by Crippen LogP contribution is -2.12. The van der Waals surface area contributed by atoms with Crippen LogP contribution in [0.4, 0.5) is 5.69 Å². The number of carbonyl (C=O) groups is 2. The quantitative estimate of drug-likeness (QED) is 0.903. The van der Waals surface area contributed by atoms with Crippen LogP contribution in [0, 0.1) is 13.8 Å². The summed E-state index contributed by atoms with van der Waals surface area (Å²) < 4.78 is 0. The second-order valence-corrected chi connectivity index (χ2v) is 5.25. The van der Waals surface area contributed by atoms with Gasteiger partial charge >= 0.3 is 5.97 Å². The predicted molar refractivity (Wildman–Crippen MR) is 75.1 cm³/mol. The largest absolute Gasteiger partial charge is 0.478 e. The molecule has 0 atom stereocenters. The van der Waals surface area contributed by atoms with Gasteiger partial charge in [-0.15, -0.1) is 11.3 Å². The molecule has 1 aromatic heterocycles. The van der Waals surface area contributed by atoms with E-state index in [9.17, 15) is 9.59 Å². The summed E-state index contributed by atoms with van der Waals surface area (Å²) in [6.45, 7) is 3.88. The Labute approximate surface area is 114 Å². The average molecular weight is 275 g/mol. The molecule has 4 nitrogen and oxygen atoms in total. The van der Waals surface area contributed by atoms with Crippen LogP contribution in [-0.2, 0) is 0 Å². The fourth-order valence-corrected chi connectivity index (χ4v) is 2.50. The van der Waals surface area contributed by atoms with E-state index in [1.165, 1.54) is 23.5 Å². The maximum Gasteiger partial charge on any atom is 0.335 e. The van der Waals surface area contributed by atoms with Gasteiger partial charge in [-0.05, 0) is 43.7 Å². The number of aromatic carboxylic acids is 1. The van der Waals surface area contributed by atoms with Crippen molar-refractivity contribution < 1.29 is 14.7 Å². The molecule has 98 valence electrons. The number of hydrogen-bond donors (Lipinski definition) is 2. The molecule has 0 radical (unpaired) electrons. The van der Waals surface area contributed by atoms with E-state index in [2.05, 4.69) is 5.32 Å². The van der Waals surface area contributed by atoms with E-state index in [1.54, 1.807) is 12.1 Å². The number of nitrogens with one attached hydrogen (secondary N) is 1. The van der Waals surface area contributed by atoms with Gasteiger partial charge < -0.3 is 10.4 Å². The Morgan fingerprint density at radius 2 is 1.79 bits per heavy atom. The number of amides is 1. The molecule has 19 heavy (non-hydrogen) atoms. The number of rotatable bonds is 3. The molecule has 1 amide bonds. The summed E-state index contributed by atoms with van der Waals surface area (Å²) >= 11 is 1.54. The van der Waals surface area contributed by atoms with E-state index in [4.69, 9.17) is 5.11 Å². The third kappa shape index (κ3) is 2.82. The molecule has 2 rings (SSSR count). The minimum atomic E-state index is -0.984. The van der Waals surface area contributed by atoms with Crippen LogP contribution in [0.25, 0.3) is 0 Å². The first kappa shape index (κ1) is 13.3. The fourth-order valence-electron chi connectivity index (χ4n) is 1.63. The molecule has 0 aliphatic heterocycles. The molecule has 0 aliphatic carbocycles. The molecule has 0 unspecified atom stereocenters. The van der Waals surface area contributed by atoms with Gasteiger partial charge in [0.05, 0.1) is 11.1 Å². The van der Waals surface area contributed by atoms with Crippen LogP contribution in [0.2, 0.25) is 0 Å². The number of aryl methyl sites for hydroxylation is 1. The number of carboxylic acids is 1. The Kier molecular flexibility index (Phi) is 3.66.